The van der Waals surface area contributed by atoms with Crippen LogP contribution in [0, 0.1) is 0 Å². The topological polar surface area (TPSA) is 229 Å². The van der Waals surface area contributed by atoms with Crippen molar-refractivity contribution in [3.63, 3.8) is 0 Å². The fraction of sp³-hybridized carbons (Fsp3) is 0. The monoisotopic (exact) mass is 480 g/mol. The molecule has 0 bridgehead atoms. The summed E-state index contributed by atoms with van der Waals surface area (Å²) in [6.07, 6.45) is 0. The fourth-order valence-electron chi connectivity index (χ4n) is 1.68. The summed E-state index contributed by atoms with van der Waals surface area (Å²) in [5, 5.41) is 38.7. The first kappa shape index (κ1) is 31.0. The number of phenols is 2. The predicted molar refractivity (Wildman–Crippen MR) is 84.5 cm³/mol. The van der Waals surface area contributed by atoms with Crippen molar-refractivity contribution in [2.75, 3.05) is 0 Å². The van der Waals surface area contributed by atoms with Crippen molar-refractivity contribution >= 4 is 32.2 Å². The van der Waals surface area contributed by atoms with E-state index in [1.807, 2.05) is 0 Å². The zero-order chi connectivity index (χ0) is 21.9. The summed E-state index contributed by atoms with van der Waals surface area (Å²) in [6, 6.07) is 4.65. The zero-order valence-electron chi connectivity index (χ0n) is 15.3. The zero-order valence-corrected chi connectivity index (χ0v) is 21.0. The molecule has 2 aromatic carbocycles. The Morgan fingerprint density at radius 1 is 0.667 bits per heavy atom. The van der Waals surface area contributed by atoms with Crippen LogP contribution in [0.5, 0.6) is 11.5 Å². The number of aromatic carboxylic acids is 2. The van der Waals surface area contributed by atoms with Gasteiger partial charge in [-0.25, -0.2) is 0 Å². The van der Waals surface area contributed by atoms with Crippen LogP contribution < -0.4 is 69.3 Å². The minimum absolute atomic E-state index is 0. The molecule has 152 valence electrons. The minimum atomic E-state index is -4.48. The van der Waals surface area contributed by atoms with Crippen molar-refractivity contribution in [2.24, 2.45) is 0 Å². The normalized spacial score (nSPS) is 10.5. The molecular formula is C14H10Na2O12S2. The molecular weight excluding hydrogens is 470 g/mol. The number of hydrogen-bond donors (Lipinski definition) is 4. The molecule has 0 aliphatic rings. The molecule has 0 atom stereocenters. The third kappa shape index (κ3) is 8.89. The van der Waals surface area contributed by atoms with Gasteiger partial charge in [0.15, 0.2) is 0 Å². The van der Waals surface area contributed by atoms with Crippen LogP contribution in [0.2, 0.25) is 0 Å². The Labute approximate surface area is 214 Å². The van der Waals surface area contributed by atoms with Gasteiger partial charge in [-0.15, -0.1) is 0 Å². The molecule has 30 heavy (non-hydrogen) atoms. The van der Waals surface area contributed by atoms with Crippen molar-refractivity contribution in [3.05, 3.63) is 47.5 Å². The second kappa shape index (κ2) is 12.0. The molecule has 0 aromatic heterocycles. The molecule has 2 rings (SSSR count). The first-order chi connectivity index (χ1) is 12.6. The van der Waals surface area contributed by atoms with Gasteiger partial charge in [0, 0.05) is 11.1 Å². The van der Waals surface area contributed by atoms with E-state index in [1.54, 1.807) is 0 Å². The van der Waals surface area contributed by atoms with Crippen molar-refractivity contribution in [3.8, 4) is 11.5 Å². The largest absolute Gasteiger partial charge is 1.00 e. The first-order valence-electron chi connectivity index (χ1n) is 6.68. The summed E-state index contributed by atoms with van der Waals surface area (Å²) in [4.78, 5) is 19.5. The van der Waals surface area contributed by atoms with Crippen LogP contribution in [0.3, 0.4) is 0 Å². The maximum absolute atomic E-state index is 10.6. The number of carbonyl (C=O) groups excluding carboxylic acids is 2. The Morgan fingerprint density at radius 3 is 1.13 bits per heavy atom. The van der Waals surface area contributed by atoms with E-state index in [0.29, 0.717) is 12.1 Å². The predicted octanol–water partition coefficient (Wildman–Crippen LogP) is -7.99. The standard InChI is InChI=1S/2C7H6O6S.2Na/c2*8-6-2-1-4(14(11,12)13)3-5(6)7(9)10;;/h2*1-3,8H,(H,9,10)(H,11,12,13);;/q;;2*+1/p-2. The second-order valence-electron chi connectivity index (χ2n) is 4.88. The number of carboxylic acids is 2. The SMILES string of the molecule is O=C([O-])c1cc(S(=O)(=O)O)ccc1O.O=C([O-])c1cc(S(=O)(=O)O)ccc1O.[Na+].[Na+]. The molecule has 4 N–H and O–H groups in total. The number of carbonyl (C=O) groups is 2. The molecule has 0 fully saturated rings. The summed E-state index contributed by atoms with van der Waals surface area (Å²) in [7, 11) is -8.96. The van der Waals surface area contributed by atoms with Crippen LogP contribution in [0.1, 0.15) is 20.7 Å². The van der Waals surface area contributed by atoms with E-state index in [0.717, 1.165) is 24.3 Å². The fourth-order valence-corrected chi connectivity index (χ4v) is 2.69. The van der Waals surface area contributed by atoms with Crippen LogP contribution in [0.15, 0.2) is 46.2 Å². The van der Waals surface area contributed by atoms with E-state index in [4.69, 9.17) is 19.3 Å². The quantitative estimate of drug-likeness (QED) is 0.236. The summed E-state index contributed by atoms with van der Waals surface area (Å²) < 4.78 is 59.4. The van der Waals surface area contributed by atoms with Crippen molar-refractivity contribution in [1.29, 1.82) is 0 Å². The van der Waals surface area contributed by atoms with Gasteiger partial charge in [0.1, 0.15) is 11.5 Å². The Hall–Kier alpha value is -1.20. The average Bonchev–Trinajstić information content (AvgIpc) is 2.53. The smallest absolute Gasteiger partial charge is 0.545 e. The number of benzene rings is 2. The molecule has 0 aliphatic heterocycles. The average molecular weight is 480 g/mol. The van der Waals surface area contributed by atoms with Crippen LogP contribution in [-0.2, 0) is 20.2 Å². The number of carboxylic acid groups (broad SMARTS) is 2. The summed E-state index contributed by atoms with van der Waals surface area (Å²) >= 11 is 0. The molecule has 0 aliphatic carbocycles. The van der Waals surface area contributed by atoms with Gasteiger partial charge in [0.25, 0.3) is 20.2 Å². The van der Waals surface area contributed by atoms with E-state index in [2.05, 4.69) is 0 Å². The molecule has 16 heteroatoms. The molecule has 0 radical (unpaired) electrons. The van der Waals surface area contributed by atoms with Crippen molar-refractivity contribution < 1.29 is 115 Å². The molecule has 2 aromatic rings. The van der Waals surface area contributed by atoms with Crippen LogP contribution in [0.4, 0.5) is 0 Å². The van der Waals surface area contributed by atoms with Gasteiger partial charge in [0.05, 0.1) is 21.7 Å². The number of aromatic hydroxyl groups is 2. The second-order valence-corrected chi connectivity index (χ2v) is 7.73. The number of hydrogen-bond acceptors (Lipinski definition) is 10. The Morgan fingerprint density at radius 2 is 0.933 bits per heavy atom. The Kier molecular flexibility index (Phi) is 12.4. The van der Waals surface area contributed by atoms with E-state index in [-0.39, 0.29) is 59.1 Å². The van der Waals surface area contributed by atoms with Gasteiger partial charge < -0.3 is 30.0 Å². The molecule has 0 heterocycles. The minimum Gasteiger partial charge on any atom is -0.545 e. The molecule has 0 unspecified atom stereocenters. The molecule has 0 saturated carbocycles. The van der Waals surface area contributed by atoms with Gasteiger partial charge in [-0.3, -0.25) is 9.11 Å². The first-order valence-corrected chi connectivity index (χ1v) is 9.56. The van der Waals surface area contributed by atoms with Crippen LogP contribution in [0.25, 0.3) is 0 Å². The number of rotatable bonds is 4. The van der Waals surface area contributed by atoms with Gasteiger partial charge in [-0.05, 0) is 36.4 Å². The van der Waals surface area contributed by atoms with Gasteiger partial charge in [-0.1, -0.05) is 0 Å². The maximum atomic E-state index is 10.6. The summed E-state index contributed by atoms with van der Waals surface area (Å²) in [5.41, 5.74) is -1.39. The maximum Gasteiger partial charge on any atom is 1.00 e. The van der Waals surface area contributed by atoms with Crippen LogP contribution >= 0.6 is 0 Å². The molecule has 12 nitrogen and oxygen atoms in total. The van der Waals surface area contributed by atoms with Crippen molar-refractivity contribution in [1.82, 2.24) is 0 Å². The van der Waals surface area contributed by atoms with E-state index in [9.17, 15) is 36.6 Å². The Bertz CT molecular complexity index is 1050. The van der Waals surface area contributed by atoms with Crippen molar-refractivity contribution in [2.45, 2.75) is 9.79 Å². The third-order valence-corrected chi connectivity index (χ3v) is 4.67. The Balaban J connectivity index is 0. The molecule has 0 spiro atoms. The van der Waals surface area contributed by atoms with E-state index in [1.165, 1.54) is 0 Å². The van der Waals surface area contributed by atoms with Gasteiger partial charge in [0.2, 0.25) is 0 Å². The van der Waals surface area contributed by atoms with E-state index < -0.39 is 64.6 Å². The third-order valence-electron chi connectivity index (χ3n) is 2.97. The van der Waals surface area contributed by atoms with E-state index >= 15 is 0 Å². The van der Waals surface area contributed by atoms with Gasteiger partial charge in [-0.2, -0.15) is 16.8 Å². The molecule has 0 saturated heterocycles. The van der Waals surface area contributed by atoms with Crippen LogP contribution in [-0.4, -0.2) is 48.1 Å². The summed E-state index contributed by atoms with van der Waals surface area (Å²) in [5.74, 6) is -4.71. The molecule has 0 amide bonds. The summed E-state index contributed by atoms with van der Waals surface area (Å²) in [6.45, 7) is 0. The van der Waals surface area contributed by atoms with Gasteiger partial charge >= 0.3 is 59.1 Å².